The minimum atomic E-state index is 0.183. The first-order chi connectivity index (χ1) is 13.2. The summed E-state index contributed by atoms with van der Waals surface area (Å²) >= 11 is 4.01. The molecule has 0 unspecified atom stereocenters. The van der Waals surface area contributed by atoms with Gasteiger partial charge in [-0.2, -0.15) is 0 Å². The molecule has 2 fully saturated rings. The number of quaternary nitrogens is 1. The Morgan fingerprint density at radius 2 is 1.78 bits per heavy atom. The highest BCUT2D eigenvalue weighted by Gasteiger charge is 2.25. The molecular formula is C22H27N2OS2+. The molecule has 0 aliphatic carbocycles. The fourth-order valence-electron chi connectivity index (χ4n) is 3.83. The van der Waals surface area contributed by atoms with Crippen molar-refractivity contribution in [1.82, 2.24) is 4.90 Å². The topological polar surface area (TPSA) is 24.8 Å². The number of carbonyl (C=O) groups is 1. The summed E-state index contributed by atoms with van der Waals surface area (Å²) in [5.74, 6) is 2.64. The monoisotopic (exact) mass is 399 g/mol. The molecule has 1 N–H and O–H groups in total. The average Bonchev–Trinajstić information content (AvgIpc) is 3.23. The zero-order chi connectivity index (χ0) is 18.6. The Labute approximate surface area is 170 Å². The zero-order valence-electron chi connectivity index (χ0n) is 15.8. The number of carbonyl (C=O) groups excluding carboxylic acids is 1. The van der Waals surface area contributed by atoms with E-state index in [9.17, 15) is 4.79 Å². The summed E-state index contributed by atoms with van der Waals surface area (Å²) < 4.78 is 0.544. The maximum atomic E-state index is 12.8. The lowest BCUT2D eigenvalue weighted by atomic mass is 10.1. The van der Waals surface area contributed by atoms with E-state index in [1.165, 1.54) is 28.2 Å². The van der Waals surface area contributed by atoms with Gasteiger partial charge in [-0.1, -0.05) is 42.0 Å². The van der Waals surface area contributed by atoms with E-state index in [1.54, 1.807) is 4.90 Å². The Bertz CT molecular complexity index is 779. The molecule has 2 heterocycles. The molecule has 2 aromatic rings. The normalized spacial score (nSPS) is 18.8. The molecule has 0 bridgehead atoms. The van der Waals surface area contributed by atoms with Gasteiger partial charge in [-0.3, -0.25) is 4.79 Å². The van der Waals surface area contributed by atoms with E-state index in [-0.39, 0.29) is 5.91 Å². The Kier molecular flexibility index (Phi) is 6.11. The van der Waals surface area contributed by atoms with Gasteiger partial charge in [0.05, 0.1) is 30.8 Å². The Hall–Kier alpha value is -1.43. The number of thioether (sulfide) groups is 2. The number of benzene rings is 2. The summed E-state index contributed by atoms with van der Waals surface area (Å²) in [5, 5.41) is 0. The lowest BCUT2D eigenvalue weighted by molar-refractivity contribution is -0.917. The molecule has 0 spiro atoms. The minimum absolute atomic E-state index is 0.183. The molecule has 0 aromatic heterocycles. The summed E-state index contributed by atoms with van der Waals surface area (Å²) in [5.41, 5.74) is 4.88. The van der Waals surface area contributed by atoms with E-state index in [4.69, 9.17) is 0 Å². The summed E-state index contributed by atoms with van der Waals surface area (Å²) in [6.07, 6.45) is 0. The van der Waals surface area contributed by atoms with Crippen molar-refractivity contribution < 1.29 is 9.69 Å². The van der Waals surface area contributed by atoms with Crippen molar-refractivity contribution in [3.05, 3.63) is 70.8 Å². The number of hydrogen-bond acceptors (Lipinski definition) is 3. The van der Waals surface area contributed by atoms with Crippen molar-refractivity contribution >= 4 is 29.4 Å². The fraction of sp³-hybridized carbons (Fsp3) is 0.409. The van der Waals surface area contributed by atoms with Crippen LogP contribution in [-0.4, -0.2) is 48.5 Å². The molecule has 2 aromatic carbocycles. The summed E-state index contributed by atoms with van der Waals surface area (Å²) in [4.78, 5) is 16.4. The van der Waals surface area contributed by atoms with Crippen LogP contribution in [0.5, 0.6) is 0 Å². The summed E-state index contributed by atoms with van der Waals surface area (Å²) in [6.45, 7) is 6.92. The van der Waals surface area contributed by atoms with Crippen LogP contribution in [0.1, 0.15) is 31.6 Å². The number of nitrogens with zero attached hydrogens (tertiary/aromatic N) is 1. The van der Waals surface area contributed by atoms with E-state index in [1.807, 2.05) is 40.6 Å². The Balaban J connectivity index is 1.31. The standard InChI is InChI=1S/C22H26N2OS2/c1-17-3-2-4-18(15-17)16-23-9-11-24(12-10-23)21(25)19-5-7-20(8-6-19)22-26-13-14-27-22/h2-8,15,22H,9-14,16H2,1H3/p+1. The van der Waals surface area contributed by atoms with E-state index in [2.05, 4.69) is 43.3 Å². The second kappa shape index (κ2) is 8.72. The molecule has 2 saturated heterocycles. The Morgan fingerprint density at radius 3 is 2.44 bits per heavy atom. The van der Waals surface area contributed by atoms with Gasteiger partial charge in [-0.05, 0) is 24.6 Å². The van der Waals surface area contributed by atoms with E-state index < -0.39 is 0 Å². The van der Waals surface area contributed by atoms with Crippen LogP contribution < -0.4 is 4.90 Å². The van der Waals surface area contributed by atoms with Gasteiger partial charge < -0.3 is 9.80 Å². The summed E-state index contributed by atoms with van der Waals surface area (Å²) in [7, 11) is 0. The molecule has 5 heteroatoms. The highest BCUT2D eigenvalue weighted by Crippen LogP contribution is 2.45. The van der Waals surface area contributed by atoms with Crippen LogP contribution in [0.4, 0.5) is 0 Å². The number of amides is 1. The minimum Gasteiger partial charge on any atom is -0.328 e. The van der Waals surface area contributed by atoms with Crippen molar-refractivity contribution in [1.29, 1.82) is 0 Å². The molecule has 0 saturated carbocycles. The number of hydrogen-bond donors (Lipinski definition) is 1. The molecular weight excluding hydrogens is 372 g/mol. The van der Waals surface area contributed by atoms with Gasteiger partial charge >= 0.3 is 0 Å². The number of aryl methyl sites for hydroxylation is 1. The smallest absolute Gasteiger partial charge is 0.254 e. The molecule has 0 radical (unpaired) electrons. The third kappa shape index (κ3) is 4.71. The number of piperazine rings is 1. The third-order valence-electron chi connectivity index (χ3n) is 5.35. The van der Waals surface area contributed by atoms with Gasteiger partial charge in [-0.25, -0.2) is 0 Å². The van der Waals surface area contributed by atoms with Crippen LogP contribution >= 0.6 is 23.5 Å². The highest BCUT2D eigenvalue weighted by molar-refractivity contribution is 8.19. The first kappa shape index (κ1) is 18.9. The van der Waals surface area contributed by atoms with Crippen molar-refractivity contribution in [2.75, 3.05) is 37.7 Å². The van der Waals surface area contributed by atoms with Gasteiger partial charge in [0.2, 0.25) is 0 Å². The van der Waals surface area contributed by atoms with E-state index >= 15 is 0 Å². The molecule has 4 rings (SSSR count). The van der Waals surface area contributed by atoms with Crippen LogP contribution in [0, 0.1) is 6.92 Å². The first-order valence-corrected chi connectivity index (χ1v) is 11.8. The summed E-state index contributed by atoms with van der Waals surface area (Å²) in [6, 6.07) is 17.1. The molecule has 2 aliphatic heterocycles. The lowest BCUT2D eigenvalue weighted by Crippen LogP contribution is -3.13. The van der Waals surface area contributed by atoms with E-state index in [0.29, 0.717) is 4.58 Å². The van der Waals surface area contributed by atoms with Gasteiger partial charge in [0.1, 0.15) is 6.54 Å². The van der Waals surface area contributed by atoms with Crippen LogP contribution in [0.2, 0.25) is 0 Å². The predicted molar refractivity (Wildman–Crippen MR) is 116 cm³/mol. The quantitative estimate of drug-likeness (QED) is 0.855. The SMILES string of the molecule is Cc1cccc(C[NH+]2CCN(C(=O)c3ccc(C4SCCS4)cc3)CC2)c1. The van der Waals surface area contributed by atoms with Crippen LogP contribution in [0.3, 0.4) is 0 Å². The van der Waals surface area contributed by atoms with Crippen molar-refractivity contribution in [3.8, 4) is 0 Å². The fourth-order valence-corrected chi connectivity index (χ4v) is 6.69. The van der Waals surface area contributed by atoms with Crippen LogP contribution in [-0.2, 0) is 6.54 Å². The molecule has 1 amide bonds. The number of nitrogens with one attached hydrogen (secondary N) is 1. The van der Waals surface area contributed by atoms with E-state index in [0.717, 1.165) is 38.3 Å². The van der Waals surface area contributed by atoms with Crippen molar-refractivity contribution in [2.24, 2.45) is 0 Å². The van der Waals surface area contributed by atoms with Gasteiger partial charge in [-0.15, -0.1) is 23.5 Å². The molecule has 27 heavy (non-hydrogen) atoms. The second-order valence-electron chi connectivity index (χ2n) is 7.40. The Morgan fingerprint density at radius 1 is 1.07 bits per heavy atom. The first-order valence-electron chi connectivity index (χ1n) is 9.70. The predicted octanol–water partition coefficient (Wildman–Crippen LogP) is 3.01. The van der Waals surface area contributed by atoms with Gasteiger partial charge in [0, 0.05) is 22.6 Å². The van der Waals surface area contributed by atoms with Gasteiger partial charge in [0.15, 0.2) is 0 Å². The second-order valence-corrected chi connectivity index (χ2v) is 10.1. The van der Waals surface area contributed by atoms with Gasteiger partial charge in [0.25, 0.3) is 5.91 Å². The lowest BCUT2D eigenvalue weighted by Gasteiger charge is -2.32. The van der Waals surface area contributed by atoms with Crippen molar-refractivity contribution in [2.45, 2.75) is 18.1 Å². The average molecular weight is 400 g/mol. The molecule has 142 valence electrons. The van der Waals surface area contributed by atoms with Crippen molar-refractivity contribution in [3.63, 3.8) is 0 Å². The number of rotatable bonds is 4. The van der Waals surface area contributed by atoms with Crippen LogP contribution in [0.15, 0.2) is 48.5 Å². The highest BCUT2D eigenvalue weighted by atomic mass is 32.2. The molecule has 0 atom stereocenters. The molecule has 2 aliphatic rings. The van der Waals surface area contributed by atoms with Crippen LogP contribution in [0.25, 0.3) is 0 Å². The maximum absolute atomic E-state index is 12.8. The molecule has 3 nitrogen and oxygen atoms in total. The maximum Gasteiger partial charge on any atom is 0.254 e. The largest absolute Gasteiger partial charge is 0.328 e. The third-order valence-corrected chi connectivity index (χ3v) is 8.45. The zero-order valence-corrected chi connectivity index (χ0v) is 17.5.